The number of benzene rings is 2. The van der Waals surface area contributed by atoms with Gasteiger partial charge in [0.25, 0.3) is 0 Å². The highest BCUT2D eigenvalue weighted by Crippen LogP contribution is 2.28. The predicted octanol–water partition coefficient (Wildman–Crippen LogP) is 2.59. The normalized spacial score (nSPS) is 14.9. The SMILES string of the molecule is CCOc1ccc(CN(CC)CC(=O)N2CCN(S(=O)(=O)c3cccc(F)c3)CC2)cc1OC. The Balaban J connectivity index is 1.57. The first-order valence-electron chi connectivity index (χ1n) is 11.3. The number of amides is 1. The lowest BCUT2D eigenvalue weighted by Crippen LogP contribution is -2.52. The summed E-state index contributed by atoms with van der Waals surface area (Å²) in [5.74, 6) is 0.679. The molecule has 0 radical (unpaired) electrons. The highest BCUT2D eigenvalue weighted by molar-refractivity contribution is 7.89. The summed E-state index contributed by atoms with van der Waals surface area (Å²) in [5, 5.41) is 0. The van der Waals surface area contributed by atoms with Crippen molar-refractivity contribution in [3.63, 3.8) is 0 Å². The Morgan fingerprint density at radius 1 is 1.06 bits per heavy atom. The Morgan fingerprint density at radius 2 is 1.79 bits per heavy atom. The van der Waals surface area contributed by atoms with Crippen molar-refractivity contribution in [3.05, 3.63) is 53.8 Å². The molecule has 0 aromatic heterocycles. The summed E-state index contributed by atoms with van der Waals surface area (Å²) in [6, 6.07) is 10.7. The van der Waals surface area contributed by atoms with E-state index in [4.69, 9.17) is 9.47 Å². The fourth-order valence-corrected chi connectivity index (χ4v) is 5.32. The second-order valence-corrected chi connectivity index (χ2v) is 9.90. The summed E-state index contributed by atoms with van der Waals surface area (Å²) >= 11 is 0. The van der Waals surface area contributed by atoms with Crippen LogP contribution in [-0.4, -0.2) is 81.4 Å². The molecule has 10 heteroatoms. The van der Waals surface area contributed by atoms with Crippen molar-refractivity contribution in [1.82, 2.24) is 14.1 Å². The maximum Gasteiger partial charge on any atom is 0.243 e. The molecule has 1 fully saturated rings. The molecule has 2 aromatic rings. The Kier molecular flexibility index (Phi) is 8.87. The Morgan fingerprint density at radius 3 is 2.41 bits per heavy atom. The van der Waals surface area contributed by atoms with Crippen LogP contribution in [0, 0.1) is 5.82 Å². The third-order valence-electron chi connectivity index (χ3n) is 5.77. The number of rotatable bonds is 10. The fraction of sp³-hybridized carbons (Fsp3) is 0.458. The molecule has 0 saturated carbocycles. The van der Waals surface area contributed by atoms with Gasteiger partial charge in [-0.2, -0.15) is 4.31 Å². The second-order valence-electron chi connectivity index (χ2n) is 7.96. The van der Waals surface area contributed by atoms with Crippen LogP contribution in [0.1, 0.15) is 19.4 Å². The molecule has 1 aliphatic heterocycles. The third kappa shape index (κ3) is 6.25. The van der Waals surface area contributed by atoms with E-state index in [2.05, 4.69) is 0 Å². The van der Waals surface area contributed by atoms with Crippen LogP contribution in [0.4, 0.5) is 4.39 Å². The van der Waals surface area contributed by atoms with Crippen LogP contribution in [-0.2, 0) is 21.4 Å². The van der Waals surface area contributed by atoms with E-state index < -0.39 is 15.8 Å². The molecule has 1 amide bonds. The summed E-state index contributed by atoms with van der Waals surface area (Å²) in [7, 11) is -2.20. The minimum atomic E-state index is -3.79. The van der Waals surface area contributed by atoms with E-state index >= 15 is 0 Å². The average molecular weight is 494 g/mol. The van der Waals surface area contributed by atoms with Crippen molar-refractivity contribution in [2.45, 2.75) is 25.3 Å². The fourth-order valence-electron chi connectivity index (χ4n) is 3.87. The number of carbonyl (C=O) groups excluding carboxylic acids is 1. The monoisotopic (exact) mass is 493 g/mol. The topological polar surface area (TPSA) is 79.4 Å². The molecule has 3 rings (SSSR count). The van der Waals surface area contributed by atoms with Crippen LogP contribution in [0.2, 0.25) is 0 Å². The van der Waals surface area contributed by atoms with Gasteiger partial charge in [0, 0.05) is 32.7 Å². The lowest BCUT2D eigenvalue weighted by molar-refractivity contribution is -0.133. The van der Waals surface area contributed by atoms with Crippen molar-refractivity contribution >= 4 is 15.9 Å². The zero-order valence-electron chi connectivity index (χ0n) is 19.9. The van der Waals surface area contributed by atoms with Crippen molar-refractivity contribution in [2.75, 3.05) is 53.0 Å². The Bertz CT molecular complexity index is 1090. The first kappa shape index (κ1) is 25.9. The largest absolute Gasteiger partial charge is 0.493 e. The van der Waals surface area contributed by atoms with Gasteiger partial charge in [0.15, 0.2) is 11.5 Å². The molecule has 8 nitrogen and oxygen atoms in total. The molecule has 0 atom stereocenters. The van der Waals surface area contributed by atoms with Crippen molar-refractivity contribution < 1.29 is 27.1 Å². The molecule has 2 aromatic carbocycles. The van der Waals surface area contributed by atoms with E-state index in [1.54, 1.807) is 12.0 Å². The number of halogens is 1. The molecule has 0 unspecified atom stereocenters. The van der Waals surface area contributed by atoms with Crippen molar-refractivity contribution in [1.29, 1.82) is 0 Å². The van der Waals surface area contributed by atoms with Gasteiger partial charge < -0.3 is 14.4 Å². The average Bonchev–Trinajstić information content (AvgIpc) is 2.84. The maximum absolute atomic E-state index is 13.5. The molecule has 0 N–H and O–H groups in total. The van der Waals surface area contributed by atoms with Gasteiger partial charge in [-0.3, -0.25) is 9.69 Å². The number of nitrogens with zero attached hydrogens (tertiary/aromatic N) is 3. The molecular formula is C24H32FN3O5S. The number of methoxy groups -OCH3 is 1. The summed E-state index contributed by atoms with van der Waals surface area (Å²) in [4.78, 5) is 16.5. The van der Waals surface area contributed by atoms with Gasteiger partial charge in [-0.25, -0.2) is 12.8 Å². The van der Waals surface area contributed by atoms with E-state index in [0.29, 0.717) is 44.3 Å². The van der Waals surface area contributed by atoms with Crippen LogP contribution < -0.4 is 9.47 Å². The van der Waals surface area contributed by atoms with Crippen molar-refractivity contribution in [2.24, 2.45) is 0 Å². The number of carbonyl (C=O) groups is 1. The van der Waals surface area contributed by atoms with E-state index in [1.807, 2.05) is 36.9 Å². The van der Waals surface area contributed by atoms with Gasteiger partial charge in [-0.05, 0) is 49.4 Å². The number of piperazine rings is 1. The zero-order valence-corrected chi connectivity index (χ0v) is 20.7. The molecular weight excluding hydrogens is 461 g/mol. The first-order chi connectivity index (χ1) is 16.3. The van der Waals surface area contributed by atoms with E-state index in [9.17, 15) is 17.6 Å². The quantitative estimate of drug-likeness (QED) is 0.506. The molecule has 0 aliphatic carbocycles. The van der Waals surface area contributed by atoms with E-state index in [1.165, 1.54) is 22.5 Å². The molecule has 1 saturated heterocycles. The van der Waals surface area contributed by atoms with Crippen molar-refractivity contribution in [3.8, 4) is 11.5 Å². The third-order valence-corrected chi connectivity index (χ3v) is 7.66. The van der Waals surface area contributed by atoms with Gasteiger partial charge in [0.05, 0.1) is 25.2 Å². The molecule has 0 bridgehead atoms. The number of sulfonamides is 1. The van der Waals surface area contributed by atoms with Gasteiger partial charge in [-0.15, -0.1) is 0 Å². The summed E-state index contributed by atoms with van der Waals surface area (Å²) in [5.41, 5.74) is 1.00. The molecule has 186 valence electrons. The van der Waals surface area contributed by atoms with Gasteiger partial charge in [-0.1, -0.05) is 19.1 Å². The molecule has 0 spiro atoms. The van der Waals surface area contributed by atoms with Crippen LogP contribution in [0.25, 0.3) is 0 Å². The zero-order chi connectivity index (χ0) is 24.7. The minimum absolute atomic E-state index is 0.0532. The van der Waals surface area contributed by atoms with E-state index in [0.717, 1.165) is 11.6 Å². The van der Waals surface area contributed by atoms with E-state index in [-0.39, 0.29) is 30.4 Å². The Hall–Kier alpha value is -2.69. The second kappa shape index (κ2) is 11.6. The number of hydrogen-bond donors (Lipinski definition) is 0. The highest BCUT2D eigenvalue weighted by Gasteiger charge is 2.30. The minimum Gasteiger partial charge on any atom is -0.493 e. The predicted molar refractivity (Wildman–Crippen MR) is 127 cm³/mol. The summed E-state index contributed by atoms with van der Waals surface area (Å²) in [6.07, 6.45) is 0. The highest BCUT2D eigenvalue weighted by atomic mass is 32.2. The first-order valence-corrected chi connectivity index (χ1v) is 12.8. The van der Waals surface area contributed by atoms with Crippen LogP contribution in [0.5, 0.6) is 11.5 Å². The maximum atomic E-state index is 13.5. The van der Waals surface area contributed by atoms with Crippen LogP contribution >= 0.6 is 0 Å². The molecule has 34 heavy (non-hydrogen) atoms. The standard InChI is InChI=1S/C24H32FN3O5S/c1-4-26(17-19-9-10-22(33-5-2)23(15-19)32-3)18-24(29)27-11-13-28(14-12-27)34(30,31)21-8-6-7-20(25)16-21/h6-10,15-16H,4-5,11-14,17-18H2,1-3H3. The van der Waals surface area contributed by atoms with Gasteiger partial charge >= 0.3 is 0 Å². The Labute approximate surface area is 200 Å². The van der Waals surface area contributed by atoms with Crippen LogP contribution in [0.3, 0.4) is 0 Å². The van der Waals surface area contributed by atoms with Crippen LogP contribution in [0.15, 0.2) is 47.4 Å². The molecule has 1 heterocycles. The van der Waals surface area contributed by atoms with Gasteiger partial charge in [0.1, 0.15) is 5.82 Å². The lowest BCUT2D eigenvalue weighted by atomic mass is 10.2. The smallest absolute Gasteiger partial charge is 0.243 e. The number of likely N-dealkylation sites (N-methyl/N-ethyl adjacent to an activating group) is 1. The molecule has 1 aliphatic rings. The lowest BCUT2D eigenvalue weighted by Gasteiger charge is -2.35. The van der Waals surface area contributed by atoms with Gasteiger partial charge in [0.2, 0.25) is 15.9 Å². The number of hydrogen-bond acceptors (Lipinski definition) is 6. The summed E-state index contributed by atoms with van der Waals surface area (Å²) in [6.45, 7) is 6.85. The number of ether oxygens (including phenoxy) is 2. The summed E-state index contributed by atoms with van der Waals surface area (Å²) < 4.78 is 51.3.